The van der Waals surface area contributed by atoms with Gasteiger partial charge in [-0.25, -0.2) is 17.2 Å². The zero-order valence-electron chi connectivity index (χ0n) is 15.8. The lowest BCUT2D eigenvalue weighted by Crippen LogP contribution is -2.38. The number of rotatable bonds is 4. The van der Waals surface area contributed by atoms with E-state index < -0.39 is 15.9 Å². The molecule has 0 radical (unpaired) electrons. The van der Waals surface area contributed by atoms with Crippen LogP contribution < -0.4 is 0 Å². The Bertz CT molecular complexity index is 1030. The van der Waals surface area contributed by atoms with Crippen LogP contribution in [0, 0.1) is 11.3 Å². The van der Waals surface area contributed by atoms with Crippen LogP contribution in [0.2, 0.25) is 0 Å². The predicted molar refractivity (Wildman–Crippen MR) is 105 cm³/mol. The van der Waals surface area contributed by atoms with E-state index in [-0.39, 0.29) is 30.4 Å². The summed E-state index contributed by atoms with van der Waals surface area (Å²) >= 11 is 0. The van der Waals surface area contributed by atoms with Gasteiger partial charge < -0.3 is 0 Å². The van der Waals surface area contributed by atoms with Gasteiger partial charge in [0.2, 0.25) is 10.0 Å². The normalized spacial score (nSPS) is 22.6. The second kappa shape index (κ2) is 7.48. The Hall–Kier alpha value is -2.34. The van der Waals surface area contributed by atoms with Gasteiger partial charge in [-0.05, 0) is 41.8 Å². The molecule has 2 fully saturated rings. The molecule has 8 heteroatoms. The first kappa shape index (κ1) is 20.0. The Balaban J connectivity index is 1.47. The van der Waals surface area contributed by atoms with E-state index in [1.807, 2.05) is 12.1 Å². The van der Waals surface area contributed by atoms with Crippen molar-refractivity contribution < 1.29 is 17.2 Å². The highest BCUT2D eigenvalue weighted by molar-refractivity contribution is 7.89. The summed E-state index contributed by atoms with van der Waals surface area (Å²) in [7, 11) is -3.66. The van der Waals surface area contributed by atoms with Crippen molar-refractivity contribution in [1.29, 1.82) is 5.26 Å². The summed E-state index contributed by atoms with van der Waals surface area (Å²) < 4.78 is 54.3. The maximum Gasteiger partial charge on any atom is 0.261 e. The molecule has 1 atom stereocenters. The van der Waals surface area contributed by atoms with Crippen LogP contribution in [-0.2, 0) is 10.0 Å². The third-order valence-electron chi connectivity index (χ3n) is 5.68. The van der Waals surface area contributed by atoms with Crippen molar-refractivity contribution in [3.63, 3.8) is 0 Å². The molecule has 1 unspecified atom stereocenters. The molecule has 2 aromatic carbocycles. The average Bonchev–Trinajstić information content (AvgIpc) is 3.35. The van der Waals surface area contributed by atoms with Crippen molar-refractivity contribution in [3.05, 3.63) is 54.1 Å². The number of hydrogen-bond donors (Lipinski definition) is 0. The van der Waals surface area contributed by atoms with Crippen LogP contribution in [0.5, 0.6) is 0 Å². The molecule has 0 aliphatic carbocycles. The fourth-order valence-electron chi connectivity index (χ4n) is 4.01. The molecule has 29 heavy (non-hydrogen) atoms. The lowest BCUT2D eigenvalue weighted by atomic mass is 10.0. The van der Waals surface area contributed by atoms with Crippen molar-refractivity contribution in [2.24, 2.45) is 0 Å². The Morgan fingerprint density at radius 2 is 1.62 bits per heavy atom. The van der Waals surface area contributed by atoms with Crippen molar-refractivity contribution in [2.75, 3.05) is 26.2 Å². The third-order valence-corrected chi connectivity index (χ3v) is 7.56. The first-order valence-corrected chi connectivity index (χ1v) is 11.0. The van der Waals surface area contributed by atoms with Gasteiger partial charge in [-0.15, -0.1) is 0 Å². The molecule has 4 rings (SSSR count). The monoisotopic (exact) mass is 417 g/mol. The number of alkyl halides is 2. The molecule has 0 bridgehead atoms. The molecule has 0 aromatic heterocycles. The third kappa shape index (κ3) is 4.04. The van der Waals surface area contributed by atoms with E-state index in [0.29, 0.717) is 25.1 Å². The van der Waals surface area contributed by atoms with E-state index in [0.717, 1.165) is 11.1 Å². The number of hydrogen-bond acceptors (Lipinski definition) is 4. The largest absolute Gasteiger partial charge is 0.293 e. The summed E-state index contributed by atoms with van der Waals surface area (Å²) in [6.07, 6.45) is 0.408. The second-order valence-corrected chi connectivity index (χ2v) is 9.53. The molecular weight excluding hydrogens is 396 g/mol. The van der Waals surface area contributed by atoms with Crippen LogP contribution in [0.15, 0.2) is 53.4 Å². The summed E-state index contributed by atoms with van der Waals surface area (Å²) in [5, 5.41) is 8.88. The summed E-state index contributed by atoms with van der Waals surface area (Å²) in [4.78, 5) is 1.91. The maximum absolute atomic E-state index is 13.5. The maximum atomic E-state index is 13.5. The Morgan fingerprint density at radius 1 is 1.00 bits per heavy atom. The van der Waals surface area contributed by atoms with Gasteiger partial charge in [0.15, 0.2) is 0 Å². The van der Waals surface area contributed by atoms with E-state index in [1.54, 1.807) is 41.3 Å². The zero-order valence-corrected chi connectivity index (χ0v) is 16.6. The smallest absolute Gasteiger partial charge is 0.261 e. The molecule has 0 spiro atoms. The molecule has 2 heterocycles. The number of benzene rings is 2. The highest BCUT2D eigenvalue weighted by Gasteiger charge is 2.44. The highest BCUT2D eigenvalue weighted by Crippen LogP contribution is 2.32. The minimum absolute atomic E-state index is 0.156. The van der Waals surface area contributed by atoms with Gasteiger partial charge in [0.1, 0.15) is 0 Å². The van der Waals surface area contributed by atoms with Gasteiger partial charge >= 0.3 is 0 Å². The molecule has 2 aromatic rings. The van der Waals surface area contributed by atoms with Gasteiger partial charge in [0, 0.05) is 32.1 Å². The lowest BCUT2D eigenvalue weighted by molar-refractivity contribution is 0.00832. The Labute approximate surface area is 169 Å². The minimum Gasteiger partial charge on any atom is -0.293 e. The fourth-order valence-corrected chi connectivity index (χ4v) is 5.50. The topological polar surface area (TPSA) is 64.4 Å². The SMILES string of the molecule is N#Cc1ccc(-c2ccc(S(=O)(=O)N3CCC(N4CCC(F)(F)C4)C3)cc2)cc1. The molecule has 2 aliphatic rings. The van der Waals surface area contributed by atoms with Crippen LogP contribution in [0.1, 0.15) is 18.4 Å². The van der Waals surface area contributed by atoms with Crippen molar-refractivity contribution >= 4 is 10.0 Å². The average molecular weight is 417 g/mol. The van der Waals surface area contributed by atoms with Crippen LogP contribution in [0.4, 0.5) is 8.78 Å². The van der Waals surface area contributed by atoms with E-state index in [4.69, 9.17) is 5.26 Å². The number of likely N-dealkylation sites (tertiary alicyclic amines) is 1. The van der Waals surface area contributed by atoms with E-state index in [9.17, 15) is 17.2 Å². The number of halogens is 2. The van der Waals surface area contributed by atoms with Gasteiger partial charge in [-0.2, -0.15) is 9.57 Å². The molecule has 0 N–H and O–H groups in total. The van der Waals surface area contributed by atoms with E-state index in [1.165, 1.54) is 4.31 Å². The van der Waals surface area contributed by atoms with E-state index >= 15 is 0 Å². The summed E-state index contributed by atoms with van der Waals surface area (Å²) in [6.45, 7) is 0.609. The standard InChI is InChI=1S/C21H21F2N3O2S/c22-21(23)10-12-25(15-21)19-9-11-26(14-19)29(27,28)20-7-5-18(6-8-20)17-3-1-16(13-24)2-4-17/h1-8,19H,9-12,14-15H2. The summed E-state index contributed by atoms with van der Waals surface area (Å²) in [6, 6.07) is 15.6. The van der Waals surface area contributed by atoms with Gasteiger partial charge in [0.25, 0.3) is 5.92 Å². The quantitative estimate of drug-likeness (QED) is 0.766. The fraction of sp³-hybridized carbons (Fsp3) is 0.381. The van der Waals surface area contributed by atoms with Crippen LogP contribution >= 0.6 is 0 Å². The first-order valence-electron chi connectivity index (χ1n) is 9.51. The molecule has 152 valence electrons. The highest BCUT2D eigenvalue weighted by atomic mass is 32.2. The summed E-state index contributed by atoms with van der Waals surface area (Å²) in [5.74, 6) is -2.67. The molecule has 5 nitrogen and oxygen atoms in total. The second-order valence-electron chi connectivity index (χ2n) is 7.60. The summed E-state index contributed by atoms with van der Waals surface area (Å²) in [5.41, 5.74) is 2.31. The molecule has 2 aliphatic heterocycles. The Morgan fingerprint density at radius 3 is 2.17 bits per heavy atom. The van der Waals surface area contributed by atoms with Crippen LogP contribution in [0.25, 0.3) is 11.1 Å². The zero-order chi connectivity index (χ0) is 20.6. The molecule has 0 amide bonds. The van der Waals surface area contributed by atoms with Gasteiger partial charge in [-0.3, -0.25) is 4.90 Å². The minimum atomic E-state index is -3.66. The van der Waals surface area contributed by atoms with Crippen molar-refractivity contribution in [1.82, 2.24) is 9.21 Å². The van der Waals surface area contributed by atoms with Crippen molar-refractivity contribution in [3.8, 4) is 17.2 Å². The molecular formula is C21H21F2N3O2S. The van der Waals surface area contributed by atoms with Crippen LogP contribution in [-0.4, -0.2) is 55.8 Å². The first-order chi connectivity index (χ1) is 13.8. The molecule has 2 saturated heterocycles. The van der Waals surface area contributed by atoms with Crippen molar-refractivity contribution in [2.45, 2.75) is 29.7 Å². The predicted octanol–water partition coefficient (Wildman–Crippen LogP) is 3.33. The number of nitriles is 1. The van der Waals surface area contributed by atoms with E-state index in [2.05, 4.69) is 6.07 Å². The lowest BCUT2D eigenvalue weighted by Gasteiger charge is -2.24. The van der Waals surface area contributed by atoms with Gasteiger partial charge in [-0.1, -0.05) is 24.3 Å². The number of nitrogens with zero attached hydrogens (tertiary/aromatic N) is 3. The number of sulfonamides is 1. The molecule has 0 saturated carbocycles. The Kier molecular flexibility index (Phi) is 5.15. The van der Waals surface area contributed by atoms with Crippen LogP contribution in [0.3, 0.4) is 0 Å². The van der Waals surface area contributed by atoms with Gasteiger partial charge in [0.05, 0.1) is 23.1 Å².